The Morgan fingerprint density at radius 1 is 1.00 bits per heavy atom. The predicted molar refractivity (Wildman–Crippen MR) is 62.9 cm³/mol. The maximum absolute atomic E-state index is 2.82. The topological polar surface area (TPSA) is 6.48 Å². The van der Waals surface area contributed by atoms with E-state index in [4.69, 9.17) is 0 Å². The van der Waals surface area contributed by atoms with E-state index in [9.17, 15) is 0 Å². The number of rotatable bonds is 0. The number of hydrogen-bond donors (Lipinski definition) is 0. The quantitative estimate of drug-likeness (QED) is 0.597. The van der Waals surface area contributed by atoms with Crippen LogP contribution in [0.3, 0.4) is 0 Å². The zero-order valence-electron chi connectivity index (χ0n) is 10.2. The molecule has 3 fully saturated rings. The third kappa shape index (κ3) is 1.83. The smallest absolute Gasteiger partial charge is 0.0136 e. The molecule has 86 valence electrons. The molecule has 0 amide bonds. The lowest BCUT2D eigenvalue weighted by Crippen LogP contribution is -2.59. The van der Waals surface area contributed by atoms with Crippen LogP contribution < -0.4 is 0 Å². The van der Waals surface area contributed by atoms with Crippen molar-refractivity contribution in [2.75, 3.05) is 33.2 Å². The molecule has 15 heavy (non-hydrogen) atoms. The van der Waals surface area contributed by atoms with Crippen molar-refractivity contribution in [3.63, 3.8) is 0 Å². The molecule has 0 unspecified atom stereocenters. The van der Waals surface area contributed by atoms with Crippen LogP contribution in [-0.2, 0) is 0 Å². The van der Waals surface area contributed by atoms with E-state index in [2.05, 4.69) is 23.8 Å². The Kier molecular flexibility index (Phi) is 2.52. The highest BCUT2D eigenvalue weighted by Crippen LogP contribution is 2.38. The monoisotopic (exact) mass is 208 g/mol. The highest BCUT2D eigenvalue weighted by atomic mass is 15.2. The van der Waals surface area contributed by atoms with Gasteiger partial charge < -0.3 is 4.90 Å². The molecule has 3 heterocycles. The summed E-state index contributed by atoms with van der Waals surface area (Å²) >= 11 is 0. The molecule has 0 saturated carbocycles. The lowest BCUT2D eigenvalue weighted by atomic mass is 9.75. The molecule has 4 atom stereocenters. The van der Waals surface area contributed by atoms with Crippen LogP contribution in [0.15, 0.2) is 0 Å². The van der Waals surface area contributed by atoms with Gasteiger partial charge in [-0.15, -0.1) is 0 Å². The Hall–Kier alpha value is -0.0800. The van der Waals surface area contributed by atoms with Gasteiger partial charge in [-0.05, 0) is 44.1 Å². The third-order valence-electron chi connectivity index (χ3n) is 4.76. The number of hydrogen-bond acceptors (Lipinski definition) is 2. The summed E-state index contributed by atoms with van der Waals surface area (Å²) in [6.07, 6.45) is 4.44. The molecule has 0 aromatic rings. The first-order valence-corrected chi connectivity index (χ1v) is 6.65. The van der Waals surface area contributed by atoms with Crippen molar-refractivity contribution in [1.29, 1.82) is 0 Å². The van der Waals surface area contributed by atoms with Gasteiger partial charge in [0.2, 0.25) is 0 Å². The van der Waals surface area contributed by atoms with Crippen molar-refractivity contribution in [2.45, 2.75) is 32.2 Å². The fourth-order valence-corrected chi connectivity index (χ4v) is 4.24. The Labute approximate surface area is 93.6 Å². The van der Waals surface area contributed by atoms with Gasteiger partial charge in [0.25, 0.3) is 0 Å². The van der Waals surface area contributed by atoms with Gasteiger partial charge in [-0.25, -0.2) is 0 Å². The largest absolute Gasteiger partial charge is 0.306 e. The van der Waals surface area contributed by atoms with Gasteiger partial charge in [0.1, 0.15) is 0 Å². The second-order valence-corrected chi connectivity index (χ2v) is 6.29. The first-order chi connectivity index (χ1) is 7.22. The van der Waals surface area contributed by atoms with Crippen LogP contribution in [-0.4, -0.2) is 49.1 Å². The van der Waals surface area contributed by atoms with E-state index >= 15 is 0 Å². The second-order valence-electron chi connectivity index (χ2n) is 6.29. The van der Waals surface area contributed by atoms with E-state index in [1.165, 1.54) is 45.4 Å². The molecule has 2 bridgehead atoms. The molecule has 0 N–H and O–H groups in total. The summed E-state index contributed by atoms with van der Waals surface area (Å²) < 4.78 is 0. The summed E-state index contributed by atoms with van der Waals surface area (Å²) in [5.41, 5.74) is 0. The molecule has 3 saturated heterocycles. The lowest BCUT2D eigenvalue weighted by molar-refractivity contribution is -0.0346. The molecular formula is C13H24N2. The minimum absolute atomic E-state index is 0.931. The highest BCUT2D eigenvalue weighted by molar-refractivity contribution is 4.95. The standard InChI is InChI=1S/C13H24N2/c1-10-3-4-13-12-5-11(7-14(2)9-12)8-15(13)6-10/h10-13H,3-9H2,1-2H3/t10-,11+,12-,13+/m1/s1. The van der Waals surface area contributed by atoms with Crippen molar-refractivity contribution >= 4 is 0 Å². The minimum atomic E-state index is 0.931. The van der Waals surface area contributed by atoms with Crippen LogP contribution in [0.25, 0.3) is 0 Å². The van der Waals surface area contributed by atoms with Crippen LogP contribution in [0.5, 0.6) is 0 Å². The van der Waals surface area contributed by atoms with Gasteiger partial charge in [-0.3, -0.25) is 4.90 Å². The van der Waals surface area contributed by atoms with Gasteiger partial charge in [-0.2, -0.15) is 0 Å². The van der Waals surface area contributed by atoms with E-state index < -0.39 is 0 Å². The Balaban J connectivity index is 1.75. The van der Waals surface area contributed by atoms with Crippen LogP contribution in [0.4, 0.5) is 0 Å². The molecular weight excluding hydrogens is 184 g/mol. The molecule has 0 radical (unpaired) electrons. The Bertz CT molecular complexity index is 234. The number of nitrogens with zero attached hydrogens (tertiary/aromatic N) is 2. The second kappa shape index (κ2) is 3.74. The van der Waals surface area contributed by atoms with Crippen molar-refractivity contribution in [1.82, 2.24) is 9.80 Å². The molecule has 0 aromatic heterocycles. The number of piperidine rings is 3. The fraction of sp³-hybridized carbons (Fsp3) is 1.00. The summed E-state index contributed by atoms with van der Waals surface area (Å²) in [5, 5.41) is 0. The Morgan fingerprint density at radius 3 is 2.73 bits per heavy atom. The van der Waals surface area contributed by atoms with Crippen LogP contribution in [0.2, 0.25) is 0 Å². The van der Waals surface area contributed by atoms with E-state index in [0.717, 1.165) is 23.8 Å². The average molecular weight is 208 g/mol. The van der Waals surface area contributed by atoms with Gasteiger partial charge in [0.15, 0.2) is 0 Å². The third-order valence-corrected chi connectivity index (χ3v) is 4.76. The minimum Gasteiger partial charge on any atom is -0.306 e. The summed E-state index contributed by atoms with van der Waals surface area (Å²) in [5.74, 6) is 2.89. The zero-order valence-corrected chi connectivity index (χ0v) is 10.2. The highest BCUT2D eigenvalue weighted by Gasteiger charge is 2.41. The van der Waals surface area contributed by atoms with Gasteiger partial charge >= 0.3 is 0 Å². The van der Waals surface area contributed by atoms with Crippen LogP contribution >= 0.6 is 0 Å². The number of likely N-dealkylation sites (tertiary alicyclic amines) is 1. The summed E-state index contributed by atoms with van der Waals surface area (Å²) in [6, 6.07) is 0.931. The summed E-state index contributed by atoms with van der Waals surface area (Å²) in [4.78, 5) is 5.38. The van der Waals surface area contributed by atoms with Crippen molar-refractivity contribution in [2.24, 2.45) is 17.8 Å². The molecule has 2 nitrogen and oxygen atoms in total. The van der Waals surface area contributed by atoms with Gasteiger partial charge in [0, 0.05) is 32.2 Å². The SMILES string of the molecule is C[C@@H]1CC[C@H]2[C@@H]3C[C@@H](CN(C)C3)CN2C1. The first-order valence-electron chi connectivity index (χ1n) is 6.65. The van der Waals surface area contributed by atoms with E-state index in [1.807, 2.05) is 0 Å². The van der Waals surface area contributed by atoms with Crippen LogP contribution in [0.1, 0.15) is 26.2 Å². The Morgan fingerprint density at radius 2 is 1.87 bits per heavy atom. The van der Waals surface area contributed by atoms with E-state index in [0.29, 0.717) is 0 Å². The van der Waals surface area contributed by atoms with Crippen molar-refractivity contribution in [3.8, 4) is 0 Å². The maximum atomic E-state index is 2.82. The van der Waals surface area contributed by atoms with Crippen LogP contribution in [0, 0.1) is 17.8 Å². The van der Waals surface area contributed by atoms with Gasteiger partial charge in [-0.1, -0.05) is 6.92 Å². The molecule has 0 aromatic carbocycles. The first kappa shape index (κ1) is 10.1. The van der Waals surface area contributed by atoms with Crippen molar-refractivity contribution in [3.05, 3.63) is 0 Å². The van der Waals surface area contributed by atoms with Crippen molar-refractivity contribution < 1.29 is 0 Å². The summed E-state index contributed by atoms with van der Waals surface area (Å²) in [7, 11) is 2.31. The normalized spacial score (nSPS) is 47.6. The van der Waals surface area contributed by atoms with Gasteiger partial charge in [0.05, 0.1) is 0 Å². The predicted octanol–water partition coefficient (Wildman–Crippen LogP) is 1.67. The molecule has 3 rings (SSSR count). The maximum Gasteiger partial charge on any atom is 0.0136 e. The van der Waals surface area contributed by atoms with E-state index in [1.54, 1.807) is 0 Å². The molecule has 2 heteroatoms. The number of fused-ring (bicyclic) bond motifs is 4. The molecule has 0 aliphatic carbocycles. The molecule has 3 aliphatic heterocycles. The summed E-state index contributed by atoms with van der Waals surface area (Å²) in [6.45, 7) is 7.88. The zero-order chi connectivity index (χ0) is 10.4. The average Bonchev–Trinajstić information content (AvgIpc) is 2.15. The molecule has 0 spiro atoms. The van der Waals surface area contributed by atoms with E-state index in [-0.39, 0.29) is 0 Å². The molecule has 3 aliphatic rings. The fourth-order valence-electron chi connectivity index (χ4n) is 4.24. The lowest BCUT2D eigenvalue weighted by Gasteiger charge is -2.53.